The summed E-state index contributed by atoms with van der Waals surface area (Å²) in [6.07, 6.45) is -1.69. The topological polar surface area (TPSA) is 85.3 Å². The van der Waals surface area contributed by atoms with Crippen LogP contribution in [0.4, 0.5) is 22.0 Å². The molecule has 0 saturated carbocycles. The Morgan fingerprint density at radius 1 is 1.07 bits per heavy atom. The van der Waals surface area contributed by atoms with Gasteiger partial charge in [0.05, 0.1) is 12.2 Å². The van der Waals surface area contributed by atoms with Crippen LogP contribution in [0.2, 0.25) is 0 Å². The molecule has 2 aromatic carbocycles. The molecular formula is C27H25F5N4O4. The number of alkyl halides is 2. The van der Waals surface area contributed by atoms with Crippen molar-refractivity contribution in [1.29, 1.82) is 0 Å². The Hall–Kier alpha value is -3.97. The summed E-state index contributed by atoms with van der Waals surface area (Å²) in [5, 5.41) is 16.1. The van der Waals surface area contributed by atoms with E-state index in [0.717, 1.165) is 6.20 Å². The molecule has 0 spiro atoms. The molecule has 5 rings (SSSR count). The van der Waals surface area contributed by atoms with Crippen molar-refractivity contribution >= 4 is 11.8 Å². The number of aliphatic hydroxyl groups is 1. The zero-order chi connectivity index (χ0) is 28.6. The lowest BCUT2D eigenvalue weighted by Crippen LogP contribution is -2.60. The predicted molar refractivity (Wildman–Crippen MR) is 130 cm³/mol. The van der Waals surface area contributed by atoms with Gasteiger partial charge in [-0.3, -0.25) is 14.6 Å². The Kier molecular flexibility index (Phi) is 7.51. The largest absolute Gasteiger partial charge is 0.488 e. The van der Waals surface area contributed by atoms with Gasteiger partial charge in [0.25, 0.3) is 17.7 Å². The molecule has 2 bridgehead atoms. The Bertz CT molecular complexity index is 1360. The summed E-state index contributed by atoms with van der Waals surface area (Å²) in [6, 6.07) is 9.72. The van der Waals surface area contributed by atoms with Gasteiger partial charge < -0.3 is 20.1 Å². The van der Waals surface area contributed by atoms with Crippen molar-refractivity contribution in [2.24, 2.45) is 0 Å². The van der Waals surface area contributed by atoms with E-state index in [1.54, 1.807) is 30.3 Å². The monoisotopic (exact) mass is 564 g/mol. The third kappa shape index (κ3) is 5.52. The molecule has 0 aromatic heterocycles. The van der Waals surface area contributed by atoms with Gasteiger partial charge >= 0.3 is 0 Å². The van der Waals surface area contributed by atoms with Crippen LogP contribution in [0.5, 0.6) is 0 Å². The highest BCUT2D eigenvalue weighted by Gasteiger charge is 2.46. The van der Waals surface area contributed by atoms with Gasteiger partial charge in [-0.2, -0.15) is 5.01 Å². The molecule has 3 heterocycles. The summed E-state index contributed by atoms with van der Waals surface area (Å²) in [5.41, 5.74) is -0.404. The maximum atomic E-state index is 14.3. The lowest BCUT2D eigenvalue weighted by Gasteiger charge is -2.48. The van der Waals surface area contributed by atoms with Gasteiger partial charge in [-0.15, -0.1) is 0 Å². The first-order chi connectivity index (χ1) is 19.0. The van der Waals surface area contributed by atoms with Crippen molar-refractivity contribution in [1.82, 2.24) is 20.2 Å². The number of rotatable bonds is 6. The maximum absolute atomic E-state index is 14.3. The van der Waals surface area contributed by atoms with Crippen molar-refractivity contribution in [2.75, 3.05) is 19.8 Å². The quantitative estimate of drug-likeness (QED) is 0.525. The summed E-state index contributed by atoms with van der Waals surface area (Å²) in [4.78, 5) is 27.8. The molecule has 212 valence electrons. The molecule has 2 atom stereocenters. The first kappa shape index (κ1) is 27.6. The highest BCUT2D eigenvalue weighted by Crippen LogP contribution is 2.36. The van der Waals surface area contributed by atoms with Crippen molar-refractivity contribution in [3.8, 4) is 0 Å². The molecule has 2 unspecified atom stereocenters. The first-order valence-corrected chi connectivity index (χ1v) is 12.5. The zero-order valence-electron chi connectivity index (χ0n) is 21.0. The minimum atomic E-state index is -3.02. The first-order valence-electron chi connectivity index (χ1n) is 12.5. The number of aliphatic hydroxyl groups excluding tert-OH is 1. The van der Waals surface area contributed by atoms with Crippen LogP contribution in [0.1, 0.15) is 24.0 Å². The number of fused-ring (bicyclic) bond motifs is 4. The van der Waals surface area contributed by atoms with Crippen LogP contribution in [0, 0.1) is 17.5 Å². The smallest absolute Gasteiger partial charge is 0.276 e. The van der Waals surface area contributed by atoms with Gasteiger partial charge in [0.1, 0.15) is 30.2 Å². The van der Waals surface area contributed by atoms with Gasteiger partial charge in [-0.05, 0) is 5.56 Å². The summed E-state index contributed by atoms with van der Waals surface area (Å²) in [7, 11) is 0. The number of nitrogens with one attached hydrogen (secondary N) is 1. The van der Waals surface area contributed by atoms with Crippen LogP contribution in [-0.2, 0) is 27.5 Å². The molecule has 2 saturated heterocycles. The van der Waals surface area contributed by atoms with E-state index in [2.05, 4.69) is 5.32 Å². The minimum absolute atomic E-state index is 0.0438. The van der Waals surface area contributed by atoms with Crippen molar-refractivity contribution in [3.05, 3.63) is 94.3 Å². The molecule has 2 aromatic rings. The third-order valence-corrected chi connectivity index (χ3v) is 6.91. The van der Waals surface area contributed by atoms with Crippen LogP contribution < -0.4 is 5.32 Å². The van der Waals surface area contributed by atoms with Crippen molar-refractivity contribution in [3.63, 3.8) is 0 Å². The molecule has 3 aliphatic rings. The number of hydrazine groups is 1. The van der Waals surface area contributed by atoms with E-state index >= 15 is 0 Å². The molecule has 2 N–H and O–H groups in total. The zero-order valence-corrected chi connectivity index (χ0v) is 21.0. The lowest BCUT2D eigenvalue weighted by molar-refractivity contribution is -0.156. The van der Waals surface area contributed by atoms with Gasteiger partial charge in [0.15, 0.2) is 11.5 Å². The fourth-order valence-electron chi connectivity index (χ4n) is 4.70. The predicted octanol–water partition coefficient (Wildman–Crippen LogP) is 3.15. The molecule has 2 fully saturated rings. The average molecular weight is 565 g/mol. The van der Waals surface area contributed by atoms with E-state index in [4.69, 9.17) is 4.74 Å². The van der Waals surface area contributed by atoms with E-state index in [1.165, 1.54) is 14.9 Å². The van der Waals surface area contributed by atoms with E-state index in [-0.39, 0.29) is 43.4 Å². The van der Waals surface area contributed by atoms with Crippen LogP contribution in [0.3, 0.4) is 0 Å². The summed E-state index contributed by atoms with van der Waals surface area (Å²) >= 11 is 0. The number of nitrogens with zero attached hydrogens (tertiary/aromatic N) is 3. The van der Waals surface area contributed by atoms with Gasteiger partial charge in [0.2, 0.25) is 0 Å². The molecule has 0 aliphatic carbocycles. The number of amides is 2. The number of carbonyl (C=O) groups is 2. The maximum Gasteiger partial charge on any atom is 0.276 e. The summed E-state index contributed by atoms with van der Waals surface area (Å²) in [5.74, 6) is -8.49. The number of carbonyl (C=O) groups excluding carboxylic acids is 2. The standard InChI is InChI=1S/C27H25F5N4O4/c28-17-10-20(29)18(21(30)11-17)12-33-25(38)19-13-36-22(24(23(19)37)40-14-16-4-2-1-3-5-16)26(39)34-8-6-27(31,32)7-9-35(36)15-34/h1-5,10-11,13,23,37H,6-9,12,14-15H2,(H,33,38). The highest BCUT2D eigenvalue weighted by atomic mass is 19.3. The number of halogens is 5. The molecule has 2 amide bonds. The Labute approximate surface area is 225 Å². The van der Waals surface area contributed by atoms with E-state index in [1.807, 2.05) is 0 Å². The van der Waals surface area contributed by atoms with Gasteiger partial charge in [-0.25, -0.2) is 22.0 Å². The van der Waals surface area contributed by atoms with E-state index in [0.29, 0.717) is 17.7 Å². The fourth-order valence-corrected chi connectivity index (χ4v) is 4.70. The number of hydrogen-bond donors (Lipinski definition) is 2. The second kappa shape index (κ2) is 10.9. The highest BCUT2D eigenvalue weighted by molar-refractivity contribution is 5.99. The van der Waals surface area contributed by atoms with Crippen LogP contribution >= 0.6 is 0 Å². The molecule has 8 nitrogen and oxygen atoms in total. The number of ether oxygens (including phenoxy) is 1. The molecular weight excluding hydrogens is 539 g/mol. The van der Waals surface area contributed by atoms with Crippen LogP contribution in [0.15, 0.2) is 65.7 Å². The normalized spacial score (nSPS) is 22.2. The van der Waals surface area contributed by atoms with E-state index in [9.17, 15) is 36.6 Å². The van der Waals surface area contributed by atoms with Crippen LogP contribution in [-0.4, -0.2) is 63.6 Å². The molecule has 13 heteroatoms. The number of hydrogen-bond acceptors (Lipinski definition) is 6. The van der Waals surface area contributed by atoms with Crippen LogP contribution in [0.25, 0.3) is 0 Å². The third-order valence-electron chi connectivity index (χ3n) is 6.91. The van der Waals surface area contributed by atoms with Crippen molar-refractivity contribution < 1.29 is 41.4 Å². The van der Waals surface area contributed by atoms with Gasteiger partial charge in [0, 0.05) is 56.4 Å². The Morgan fingerprint density at radius 2 is 1.75 bits per heavy atom. The van der Waals surface area contributed by atoms with E-state index < -0.39 is 66.2 Å². The molecule has 40 heavy (non-hydrogen) atoms. The Balaban J connectivity index is 1.47. The van der Waals surface area contributed by atoms with Crippen molar-refractivity contribution in [2.45, 2.75) is 38.0 Å². The molecule has 3 aliphatic heterocycles. The minimum Gasteiger partial charge on any atom is -0.488 e. The second-order valence-corrected chi connectivity index (χ2v) is 9.65. The summed E-state index contributed by atoms with van der Waals surface area (Å²) < 4.78 is 75.9. The lowest BCUT2D eigenvalue weighted by atomic mass is 10.0. The number of benzene rings is 2. The fraction of sp³-hybridized carbons (Fsp3) is 0.333. The molecule has 0 radical (unpaired) electrons. The average Bonchev–Trinajstić information content (AvgIpc) is 2.90. The second-order valence-electron chi connectivity index (χ2n) is 9.65. The van der Waals surface area contributed by atoms with Gasteiger partial charge in [-0.1, -0.05) is 30.3 Å². The SMILES string of the molecule is O=C(NCc1c(F)cc(F)cc1F)C1=CN2C(=C(OCc3ccccc3)C1O)C(=O)N1CCC(F)(F)CCN2C1. The Morgan fingerprint density at radius 3 is 2.45 bits per heavy atom. The summed E-state index contributed by atoms with van der Waals surface area (Å²) in [6.45, 7) is -1.22.